The van der Waals surface area contributed by atoms with Gasteiger partial charge in [-0.1, -0.05) is 19.1 Å². The third kappa shape index (κ3) is 6.71. The molecule has 130 valence electrons. The van der Waals surface area contributed by atoms with Crippen LogP contribution in [0, 0.1) is 12.8 Å². The molecule has 2 rings (SSSR count). The Labute approximate surface area is 149 Å². The number of nitrogens with zero attached hydrogens (tertiary/aromatic N) is 2. The lowest BCUT2D eigenvalue weighted by Gasteiger charge is -2.13. The number of guanidine groups is 1. The molecule has 2 heterocycles. The summed E-state index contributed by atoms with van der Waals surface area (Å²) in [6, 6.07) is 8.50. The smallest absolute Gasteiger partial charge is 0.191 e. The number of rotatable bonds is 8. The van der Waals surface area contributed by atoms with E-state index < -0.39 is 0 Å². The second-order valence-electron chi connectivity index (χ2n) is 6.09. The number of pyridine rings is 1. The normalized spacial score (nSPS) is 12.9. The molecule has 2 N–H and O–H groups in total. The first-order chi connectivity index (χ1) is 11.7. The van der Waals surface area contributed by atoms with Gasteiger partial charge in [0.15, 0.2) is 5.96 Å². The van der Waals surface area contributed by atoms with Crippen LogP contribution < -0.4 is 10.6 Å². The summed E-state index contributed by atoms with van der Waals surface area (Å²) in [6.45, 7) is 8.92. The molecule has 24 heavy (non-hydrogen) atoms. The molecule has 0 aliphatic heterocycles. The average Bonchev–Trinajstić information content (AvgIpc) is 3.07. The van der Waals surface area contributed by atoms with Gasteiger partial charge < -0.3 is 10.6 Å². The Morgan fingerprint density at radius 2 is 2.17 bits per heavy atom. The van der Waals surface area contributed by atoms with Crippen molar-refractivity contribution in [2.75, 3.05) is 19.6 Å². The maximum atomic E-state index is 4.72. The highest BCUT2D eigenvalue weighted by Crippen LogP contribution is 2.14. The fourth-order valence-electron chi connectivity index (χ4n) is 2.40. The second kappa shape index (κ2) is 10.1. The molecular weight excluding hydrogens is 316 g/mol. The molecule has 0 aliphatic rings. The standard InChI is InChI=1S/C19H28N4S/c1-4-20-19(21-10-9-17-8-7-16(3)22-14-17)23-13-15(2)12-18-6-5-11-24-18/h5-8,11,14-15H,4,9-10,12-13H2,1-3H3,(H2,20,21,23). The molecule has 0 radical (unpaired) electrons. The average molecular weight is 345 g/mol. The summed E-state index contributed by atoms with van der Waals surface area (Å²) in [6.07, 6.45) is 3.99. The number of aromatic nitrogens is 1. The van der Waals surface area contributed by atoms with Gasteiger partial charge in [0.25, 0.3) is 0 Å². The molecule has 2 aromatic rings. The topological polar surface area (TPSA) is 49.3 Å². The van der Waals surface area contributed by atoms with Crippen molar-refractivity contribution < 1.29 is 0 Å². The van der Waals surface area contributed by atoms with Crippen LogP contribution in [0.4, 0.5) is 0 Å². The molecule has 0 fully saturated rings. The second-order valence-corrected chi connectivity index (χ2v) is 7.13. The SMILES string of the molecule is CCNC(=NCC(C)Cc1cccs1)NCCc1ccc(C)nc1. The van der Waals surface area contributed by atoms with E-state index in [9.17, 15) is 0 Å². The Morgan fingerprint density at radius 1 is 1.29 bits per heavy atom. The first-order valence-corrected chi connectivity index (χ1v) is 9.51. The molecule has 2 aromatic heterocycles. The lowest BCUT2D eigenvalue weighted by atomic mass is 10.1. The van der Waals surface area contributed by atoms with Gasteiger partial charge >= 0.3 is 0 Å². The van der Waals surface area contributed by atoms with Crippen LogP contribution in [0.3, 0.4) is 0 Å². The predicted molar refractivity (Wildman–Crippen MR) is 104 cm³/mol. The number of hydrogen-bond donors (Lipinski definition) is 2. The van der Waals surface area contributed by atoms with Gasteiger partial charge in [-0.05, 0) is 55.7 Å². The van der Waals surface area contributed by atoms with Gasteiger partial charge in [-0.25, -0.2) is 0 Å². The van der Waals surface area contributed by atoms with Gasteiger partial charge in [0, 0.05) is 36.4 Å². The van der Waals surface area contributed by atoms with Crippen LogP contribution in [-0.4, -0.2) is 30.6 Å². The van der Waals surface area contributed by atoms with Crippen molar-refractivity contribution in [3.63, 3.8) is 0 Å². The van der Waals surface area contributed by atoms with E-state index in [1.165, 1.54) is 10.4 Å². The predicted octanol–water partition coefficient (Wildman–Crippen LogP) is 3.43. The largest absolute Gasteiger partial charge is 0.357 e. The number of aryl methyl sites for hydroxylation is 1. The highest BCUT2D eigenvalue weighted by Gasteiger charge is 2.05. The third-order valence-corrected chi connectivity index (χ3v) is 4.61. The van der Waals surface area contributed by atoms with Crippen molar-refractivity contribution in [2.45, 2.75) is 33.6 Å². The maximum absolute atomic E-state index is 4.72. The van der Waals surface area contributed by atoms with E-state index in [1.54, 1.807) is 0 Å². The van der Waals surface area contributed by atoms with Crippen LogP contribution in [0.5, 0.6) is 0 Å². The molecule has 0 spiro atoms. The molecule has 0 bridgehead atoms. The number of thiophene rings is 1. The molecule has 0 aliphatic carbocycles. The Morgan fingerprint density at radius 3 is 2.83 bits per heavy atom. The molecule has 0 aromatic carbocycles. The van der Waals surface area contributed by atoms with E-state index >= 15 is 0 Å². The van der Waals surface area contributed by atoms with E-state index in [-0.39, 0.29) is 0 Å². The zero-order chi connectivity index (χ0) is 17.2. The van der Waals surface area contributed by atoms with Gasteiger partial charge in [-0.15, -0.1) is 11.3 Å². The quantitative estimate of drug-likeness (QED) is 0.570. The molecule has 0 saturated carbocycles. The zero-order valence-corrected chi connectivity index (χ0v) is 15.7. The monoisotopic (exact) mass is 344 g/mol. The van der Waals surface area contributed by atoms with Crippen LogP contribution >= 0.6 is 11.3 Å². The fraction of sp³-hybridized carbons (Fsp3) is 0.474. The zero-order valence-electron chi connectivity index (χ0n) is 14.9. The van der Waals surface area contributed by atoms with E-state index in [0.717, 1.165) is 44.1 Å². The maximum Gasteiger partial charge on any atom is 0.191 e. The van der Waals surface area contributed by atoms with Gasteiger partial charge in [0.05, 0.1) is 0 Å². The minimum atomic E-state index is 0.542. The van der Waals surface area contributed by atoms with Crippen LogP contribution in [0.1, 0.15) is 30.0 Å². The van der Waals surface area contributed by atoms with Crippen molar-refractivity contribution in [3.8, 4) is 0 Å². The minimum absolute atomic E-state index is 0.542. The molecule has 1 unspecified atom stereocenters. The number of hydrogen-bond acceptors (Lipinski definition) is 3. The van der Waals surface area contributed by atoms with Gasteiger partial charge in [0.2, 0.25) is 0 Å². The highest BCUT2D eigenvalue weighted by molar-refractivity contribution is 7.09. The molecule has 1 atom stereocenters. The molecule has 0 saturated heterocycles. The van der Waals surface area contributed by atoms with E-state index in [0.29, 0.717) is 5.92 Å². The van der Waals surface area contributed by atoms with Crippen LogP contribution in [0.25, 0.3) is 0 Å². The van der Waals surface area contributed by atoms with E-state index in [1.807, 2.05) is 24.5 Å². The number of aliphatic imine (C=N–C) groups is 1. The summed E-state index contributed by atoms with van der Waals surface area (Å²) >= 11 is 1.82. The van der Waals surface area contributed by atoms with E-state index in [4.69, 9.17) is 4.99 Å². The Kier molecular flexibility index (Phi) is 7.75. The van der Waals surface area contributed by atoms with Gasteiger partial charge in [0.1, 0.15) is 0 Å². The summed E-state index contributed by atoms with van der Waals surface area (Å²) in [5, 5.41) is 8.87. The highest BCUT2D eigenvalue weighted by atomic mass is 32.1. The van der Waals surface area contributed by atoms with Crippen LogP contribution in [-0.2, 0) is 12.8 Å². The summed E-state index contributed by atoms with van der Waals surface area (Å²) < 4.78 is 0. The Hall–Kier alpha value is -1.88. The van der Waals surface area contributed by atoms with Crippen molar-refractivity contribution in [3.05, 3.63) is 52.0 Å². The van der Waals surface area contributed by atoms with E-state index in [2.05, 4.69) is 59.1 Å². The van der Waals surface area contributed by atoms with Crippen molar-refractivity contribution >= 4 is 17.3 Å². The van der Waals surface area contributed by atoms with Gasteiger partial charge in [-0.2, -0.15) is 0 Å². The van der Waals surface area contributed by atoms with Crippen molar-refractivity contribution in [1.29, 1.82) is 0 Å². The fourth-order valence-corrected chi connectivity index (χ4v) is 3.27. The lowest BCUT2D eigenvalue weighted by molar-refractivity contribution is 0.595. The summed E-state index contributed by atoms with van der Waals surface area (Å²) in [5.41, 5.74) is 2.30. The minimum Gasteiger partial charge on any atom is -0.357 e. The Balaban J connectivity index is 1.78. The Bertz CT molecular complexity index is 605. The summed E-state index contributed by atoms with van der Waals surface area (Å²) in [4.78, 5) is 10.5. The third-order valence-electron chi connectivity index (χ3n) is 3.71. The summed E-state index contributed by atoms with van der Waals surface area (Å²) in [5.74, 6) is 1.44. The molecular formula is C19H28N4S. The molecule has 5 heteroatoms. The molecule has 4 nitrogen and oxygen atoms in total. The first-order valence-electron chi connectivity index (χ1n) is 8.63. The number of nitrogens with one attached hydrogen (secondary N) is 2. The van der Waals surface area contributed by atoms with Crippen LogP contribution in [0.15, 0.2) is 40.8 Å². The van der Waals surface area contributed by atoms with Crippen molar-refractivity contribution in [1.82, 2.24) is 15.6 Å². The van der Waals surface area contributed by atoms with Gasteiger partial charge in [-0.3, -0.25) is 9.98 Å². The van der Waals surface area contributed by atoms with Crippen molar-refractivity contribution in [2.24, 2.45) is 10.9 Å². The molecule has 0 amide bonds. The first kappa shape index (κ1) is 18.5. The van der Waals surface area contributed by atoms with Crippen LogP contribution in [0.2, 0.25) is 0 Å². The summed E-state index contributed by atoms with van der Waals surface area (Å²) in [7, 11) is 0. The lowest BCUT2D eigenvalue weighted by Crippen LogP contribution is -2.38.